The van der Waals surface area contributed by atoms with E-state index in [0.29, 0.717) is 0 Å². The molecular formula is C18H36. The molecular weight excluding hydrogens is 216 g/mol. The van der Waals surface area contributed by atoms with Crippen LogP contribution in [0.2, 0.25) is 0 Å². The number of rotatable bonds is 6. The molecule has 0 nitrogen and oxygen atoms in total. The van der Waals surface area contributed by atoms with E-state index in [1.54, 1.807) is 0 Å². The Labute approximate surface area is 116 Å². The highest BCUT2D eigenvalue weighted by atomic mass is 14.6. The van der Waals surface area contributed by atoms with Gasteiger partial charge in [0.2, 0.25) is 0 Å². The second kappa shape index (κ2) is 5.97. The van der Waals surface area contributed by atoms with E-state index in [-0.39, 0.29) is 0 Å². The molecule has 6 atom stereocenters. The Morgan fingerprint density at radius 1 is 0.556 bits per heavy atom. The lowest BCUT2D eigenvalue weighted by Gasteiger charge is -2.37. The van der Waals surface area contributed by atoms with Crippen molar-refractivity contribution >= 4 is 0 Å². The zero-order valence-corrected chi connectivity index (χ0v) is 14.2. The summed E-state index contributed by atoms with van der Waals surface area (Å²) in [6.45, 7) is 22.0. The van der Waals surface area contributed by atoms with E-state index in [1.807, 2.05) is 0 Å². The first-order valence-electron chi connectivity index (χ1n) is 8.20. The van der Waals surface area contributed by atoms with E-state index in [2.05, 4.69) is 62.3 Å². The van der Waals surface area contributed by atoms with Crippen LogP contribution >= 0.6 is 0 Å². The highest BCUT2D eigenvalue weighted by Crippen LogP contribution is 2.56. The number of hydrogen-bond donors (Lipinski definition) is 0. The quantitative estimate of drug-likeness (QED) is 0.566. The van der Waals surface area contributed by atoms with E-state index in [0.717, 1.165) is 53.3 Å². The molecule has 1 saturated carbocycles. The van der Waals surface area contributed by atoms with Gasteiger partial charge in [-0.15, -0.1) is 0 Å². The predicted molar refractivity (Wildman–Crippen MR) is 82.5 cm³/mol. The normalized spacial score (nSPS) is 34.5. The lowest BCUT2D eigenvalue weighted by Crippen LogP contribution is -2.31. The highest BCUT2D eigenvalue weighted by molar-refractivity contribution is 4.98. The molecule has 0 radical (unpaired) electrons. The van der Waals surface area contributed by atoms with Gasteiger partial charge in [0.1, 0.15) is 0 Å². The summed E-state index contributed by atoms with van der Waals surface area (Å²) in [4.78, 5) is 0. The van der Waals surface area contributed by atoms with Crippen molar-refractivity contribution in [2.24, 2.45) is 53.3 Å². The van der Waals surface area contributed by atoms with Crippen LogP contribution in [0.3, 0.4) is 0 Å². The molecule has 1 rings (SSSR count). The van der Waals surface area contributed by atoms with Gasteiger partial charge in [0.05, 0.1) is 0 Å². The van der Waals surface area contributed by atoms with Gasteiger partial charge in [0.15, 0.2) is 0 Å². The van der Waals surface area contributed by atoms with Gasteiger partial charge in [-0.25, -0.2) is 0 Å². The van der Waals surface area contributed by atoms with Crippen LogP contribution in [-0.4, -0.2) is 0 Å². The summed E-state index contributed by atoms with van der Waals surface area (Å²) in [6, 6.07) is 0. The van der Waals surface area contributed by atoms with Gasteiger partial charge in [-0.1, -0.05) is 62.3 Å². The number of hydrogen-bond acceptors (Lipinski definition) is 0. The molecule has 6 unspecified atom stereocenters. The van der Waals surface area contributed by atoms with Gasteiger partial charge in [-0.3, -0.25) is 0 Å². The third-order valence-electron chi connectivity index (χ3n) is 6.43. The molecule has 0 saturated heterocycles. The summed E-state index contributed by atoms with van der Waals surface area (Å²) in [5, 5.41) is 0. The SMILES string of the molecule is CC(C)C(C)C(C)C(C)C(C(C)C)C1C(C)C1C. The van der Waals surface area contributed by atoms with Crippen LogP contribution in [0.1, 0.15) is 62.3 Å². The topological polar surface area (TPSA) is 0 Å². The minimum atomic E-state index is 0.810. The molecule has 0 heteroatoms. The minimum Gasteiger partial charge on any atom is -0.0625 e. The summed E-state index contributed by atoms with van der Waals surface area (Å²) in [7, 11) is 0. The van der Waals surface area contributed by atoms with E-state index >= 15 is 0 Å². The van der Waals surface area contributed by atoms with Crippen LogP contribution in [0.15, 0.2) is 0 Å². The highest BCUT2D eigenvalue weighted by Gasteiger charge is 2.50. The maximum absolute atomic E-state index is 2.52. The molecule has 0 aromatic carbocycles. The van der Waals surface area contributed by atoms with Crippen LogP contribution in [0.4, 0.5) is 0 Å². The summed E-state index contributed by atoms with van der Waals surface area (Å²) >= 11 is 0. The zero-order chi connectivity index (χ0) is 14.2. The van der Waals surface area contributed by atoms with Crippen molar-refractivity contribution in [3.63, 3.8) is 0 Å². The average Bonchev–Trinajstić information content (AvgIpc) is 2.85. The monoisotopic (exact) mass is 252 g/mol. The van der Waals surface area contributed by atoms with Gasteiger partial charge < -0.3 is 0 Å². The Bertz CT molecular complexity index is 245. The van der Waals surface area contributed by atoms with E-state index in [1.165, 1.54) is 0 Å². The lowest BCUT2D eigenvalue weighted by atomic mass is 9.69. The van der Waals surface area contributed by atoms with Crippen molar-refractivity contribution in [3.05, 3.63) is 0 Å². The largest absolute Gasteiger partial charge is 0.0625 e. The molecule has 1 aliphatic carbocycles. The molecule has 0 spiro atoms. The Morgan fingerprint density at radius 3 is 1.28 bits per heavy atom. The molecule has 0 aromatic rings. The first-order chi connectivity index (χ1) is 8.20. The van der Waals surface area contributed by atoms with Crippen LogP contribution in [0.25, 0.3) is 0 Å². The molecule has 0 amide bonds. The molecule has 1 fully saturated rings. The zero-order valence-electron chi connectivity index (χ0n) is 14.2. The first-order valence-corrected chi connectivity index (χ1v) is 8.20. The molecule has 0 bridgehead atoms. The summed E-state index contributed by atoms with van der Waals surface area (Å²) in [5.74, 6) is 8.02. The molecule has 0 N–H and O–H groups in total. The Kier molecular flexibility index (Phi) is 5.32. The third kappa shape index (κ3) is 3.11. The average molecular weight is 252 g/mol. The van der Waals surface area contributed by atoms with Crippen molar-refractivity contribution in [2.45, 2.75) is 62.3 Å². The molecule has 0 heterocycles. The fourth-order valence-electron chi connectivity index (χ4n) is 4.24. The van der Waals surface area contributed by atoms with Crippen molar-refractivity contribution in [3.8, 4) is 0 Å². The van der Waals surface area contributed by atoms with E-state index in [4.69, 9.17) is 0 Å². The summed E-state index contributed by atoms with van der Waals surface area (Å²) in [6.07, 6.45) is 0. The van der Waals surface area contributed by atoms with Crippen LogP contribution in [0.5, 0.6) is 0 Å². The minimum absolute atomic E-state index is 0.810. The van der Waals surface area contributed by atoms with Crippen molar-refractivity contribution in [1.82, 2.24) is 0 Å². The van der Waals surface area contributed by atoms with Crippen molar-refractivity contribution in [1.29, 1.82) is 0 Å². The summed E-state index contributed by atoms with van der Waals surface area (Å²) < 4.78 is 0. The second-order valence-corrected chi connectivity index (χ2v) is 7.94. The smallest absolute Gasteiger partial charge is 0.0324 e. The first kappa shape index (κ1) is 16.1. The molecule has 0 aromatic heterocycles. The van der Waals surface area contributed by atoms with E-state index < -0.39 is 0 Å². The standard InChI is InChI=1S/C18H36/c1-10(2)12(5)13(6)14(7)17(11(3)4)18-15(8)16(18)9/h10-18H,1-9H3. The Hall–Kier alpha value is 0. The van der Waals surface area contributed by atoms with Gasteiger partial charge >= 0.3 is 0 Å². The Morgan fingerprint density at radius 2 is 1.00 bits per heavy atom. The van der Waals surface area contributed by atoms with Crippen LogP contribution < -0.4 is 0 Å². The fraction of sp³-hybridized carbons (Fsp3) is 1.00. The maximum Gasteiger partial charge on any atom is -0.0324 e. The van der Waals surface area contributed by atoms with Crippen molar-refractivity contribution < 1.29 is 0 Å². The molecule has 0 aliphatic heterocycles. The third-order valence-corrected chi connectivity index (χ3v) is 6.43. The summed E-state index contributed by atoms with van der Waals surface area (Å²) in [5.41, 5.74) is 0. The molecule has 108 valence electrons. The Balaban J connectivity index is 2.75. The van der Waals surface area contributed by atoms with Gasteiger partial charge in [0.25, 0.3) is 0 Å². The maximum atomic E-state index is 2.52. The van der Waals surface area contributed by atoms with Crippen LogP contribution in [0, 0.1) is 53.3 Å². The molecule has 1 aliphatic rings. The second-order valence-electron chi connectivity index (χ2n) is 7.94. The van der Waals surface area contributed by atoms with Gasteiger partial charge in [-0.05, 0) is 53.3 Å². The van der Waals surface area contributed by atoms with E-state index in [9.17, 15) is 0 Å². The predicted octanol–water partition coefficient (Wildman–Crippen LogP) is 5.72. The van der Waals surface area contributed by atoms with Crippen molar-refractivity contribution in [2.75, 3.05) is 0 Å². The van der Waals surface area contributed by atoms with Gasteiger partial charge in [-0.2, -0.15) is 0 Å². The van der Waals surface area contributed by atoms with Crippen LogP contribution in [-0.2, 0) is 0 Å². The fourth-order valence-corrected chi connectivity index (χ4v) is 4.24. The lowest BCUT2D eigenvalue weighted by molar-refractivity contribution is 0.117. The van der Waals surface area contributed by atoms with Gasteiger partial charge in [0, 0.05) is 0 Å². The molecule has 18 heavy (non-hydrogen) atoms.